The molecule has 1 aromatic rings. The summed E-state index contributed by atoms with van der Waals surface area (Å²) in [6.45, 7) is 4.27. The van der Waals surface area contributed by atoms with Gasteiger partial charge in [0.25, 0.3) is 0 Å². The molecule has 5 nitrogen and oxygen atoms in total. The summed E-state index contributed by atoms with van der Waals surface area (Å²) in [6, 6.07) is 0. The number of aromatic nitrogens is 1. The van der Waals surface area contributed by atoms with E-state index >= 15 is 0 Å². The normalized spacial score (nSPS) is 10.1. The summed E-state index contributed by atoms with van der Waals surface area (Å²) in [7, 11) is 0. The summed E-state index contributed by atoms with van der Waals surface area (Å²) in [5.74, 6) is -1.22. The second-order valence-corrected chi connectivity index (χ2v) is 4.71. The molecule has 0 saturated carbocycles. The molecule has 1 rings (SSSR count). The number of hydrogen-bond donors (Lipinski definition) is 2. The molecule has 0 aliphatic heterocycles. The minimum Gasteiger partial charge on any atom is -0.481 e. The van der Waals surface area contributed by atoms with E-state index in [0.29, 0.717) is 6.54 Å². The van der Waals surface area contributed by atoms with Crippen molar-refractivity contribution in [2.75, 3.05) is 0 Å². The van der Waals surface area contributed by atoms with Crippen LogP contribution in [0.4, 0.5) is 0 Å². The van der Waals surface area contributed by atoms with Gasteiger partial charge in [-0.15, -0.1) is 11.3 Å². The topological polar surface area (TPSA) is 79.3 Å². The monoisotopic (exact) mass is 242 g/mol. The standard InChI is InChI=1S/C10H14N2O3S/c1-6-7(2)16-9(12-6)5-11-8(13)3-4-10(14)15/h3-5H2,1-2H3,(H,11,13)(H,14,15). The van der Waals surface area contributed by atoms with E-state index in [1.165, 1.54) is 11.3 Å². The van der Waals surface area contributed by atoms with E-state index in [1.807, 2.05) is 13.8 Å². The van der Waals surface area contributed by atoms with Crippen LogP contribution in [0.3, 0.4) is 0 Å². The number of aryl methyl sites for hydroxylation is 2. The maximum Gasteiger partial charge on any atom is 0.303 e. The zero-order valence-corrected chi connectivity index (χ0v) is 10.1. The molecular formula is C10H14N2O3S. The predicted octanol–water partition coefficient (Wildman–Crippen LogP) is 1.24. The lowest BCUT2D eigenvalue weighted by molar-refractivity contribution is -0.138. The Labute approximate surface area is 97.5 Å². The van der Waals surface area contributed by atoms with E-state index in [2.05, 4.69) is 10.3 Å². The van der Waals surface area contributed by atoms with E-state index in [0.717, 1.165) is 15.6 Å². The Morgan fingerprint density at radius 2 is 2.06 bits per heavy atom. The average Bonchev–Trinajstić information content (AvgIpc) is 2.52. The van der Waals surface area contributed by atoms with E-state index in [-0.39, 0.29) is 18.7 Å². The Balaban J connectivity index is 2.34. The number of aliphatic carboxylic acids is 1. The quantitative estimate of drug-likeness (QED) is 0.814. The average molecular weight is 242 g/mol. The van der Waals surface area contributed by atoms with Crippen LogP contribution in [0, 0.1) is 13.8 Å². The highest BCUT2D eigenvalue weighted by Crippen LogP contribution is 2.15. The van der Waals surface area contributed by atoms with Crippen LogP contribution in [0.2, 0.25) is 0 Å². The number of rotatable bonds is 5. The van der Waals surface area contributed by atoms with Crippen LogP contribution in [-0.2, 0) is 16.1 Å². The van der Waals surface area contributed by atoms with Gasteiger partial charge in [-0.1, -0.05) is 0 Å². The molecule has 0 spiro atoms. The zero-order chi connectivity index (χ0) is 12.1. The third-order valence-corrected chi connectivity index (χ3v) is 3.15. The first-order valence-corrected chi connectivity index (χ1v) is 5.72. The summed E-state index contributed by atoms with van der Waals surface area (Å²) in [5, 5.41) is 11.9. The van der Waals surface area contributed by atoms with Crippen molar-refractivity contribution in [1.29, 1.82) is 0 Å². The van der Waals surface area contributed by atoms with Crippen LogP contribution >= 0.6 is 11.3 Å². The van der Waals surface area contributed by atoms with Crippen LogP contribution in [0.15, 0.2) is 0 Å². The van der Waals surface area contributed by atoms with Gasteiger partial charge >= 0.3 is 5.97 Å². The SMILES string of the molecule is Cc1nc(CNC(=O)CCC(=O)O)sc1C. The van der Waals surface area contributed by atoms with Gasteiger partial charge in [0.2, 0.25) is 5.91 Å². The molecule has 0 aliphatic carbocycles. The molecule has 6 heteroatoms. The second-order valence-electron chi connectivity index (χ2n) is 3.42. The highest BCUT2D eigenvalue weighted by atomic mass is 32.1. The van der Waals surface area contributed by atoms with Crippen LogP contribution in [0.1, 0.15) is 28.4 Å². The zero-order valence-electron chi connectivity index (χ0n) is 9.24. The van der Waals surface area contributed by atoms with Gasteiger partial charge in [-0.3, -0.25) is 9.59 Å². The Morgan fingerprint density at radius 3 is 2.56 bits per heavy atom. The number of nitrogens with one attached hydrogen (secondary N) is 1. The lowest BCUT2D eigenvalue weighted by Gasteiger charge is -2.00. The van der Waals surface area contributed by atoms with Gasteiger partial charge < -0.3 is 10.4 Å². The second kappa shape index (κ2) is 5.60. The minimum atomic E-state index is -0.962. The summed E-state index contributed by atoms with van der Waals surface area (Å²) in [5.41, 5.74) is 0.972. The van der Waals surface area contributed by atoms with Gasteiger partial charge in [0, 0.05) is 11.3 Å². The molecule has 1 aromatic heterocycles. The summed E-state index contributed by atoms with van der Waals surface area (Å²) in [4.78, 5) is 26.8. The first kappa shape index (κ1) is 12.6. The minimum absolute atomic E-state index is 0.0126. The predicted molar refractivity (Wildman–Crippen MR) is 60.3 cm³/mol. The summed E-state index contributed by atoms with van der Waals surface area (Å²) in [6.07, 6.45) is -0.125. The molecule has 0 aliphatic rings. The summed E-state index contributed by atoms with van der Waals surface area (Å²) >= 11 is 1.54. The van der Waals surface area contributed by atoms with Gasteiger partial charge in [0.1, 0.15) is 5.01 Å². The maximum absolute atomic E-state index is 11.2. The molecule has 2 N–H and O–H groups in total. The lowest BCUT2D eigenvalue weighted by Crippen LogP contribution is -2.23. The molecule has 1 heterocycles. The number of amides is 1. The Hall–Kier alpha value is -1.43. The molecule has 0 bridgehead atoms. The molecule has 0 unspecified atom stereocenters. The molecule has 1 amide bonds. The first-order valence-electron chi connectivity index (χ1n) is 4.90. The van der Waals surface area contributed by atoms with E-state index < -0.39 is 5.97 Å². The van der Waals surface area contributed by atoms with Gasteiger partial charge in [-0.2, -0.15) is 0 Å². The Morgan fingerprint density at radius 1 is 1.38 bits per heavy atom. The molecule has 88 valence electrons. The van der Waals surface area contributed by atoms with E-state index in [9.17, 15) is 9.59 Å². The van der Waals surface area contributed by atoms with Crippen LogP contribution in [0.25, 0.3) is 0 Å². The van der Waals surface area contributed by atoms with Crippen molar-refractivity contribution >= 4 is 23.2 Å². The fourth-order valence-electron chi connectivity index (χ4n) is 1.10. The van der Waals surface area contributed by atoms with Crippen molar-refractivity contribution in [3.63, 3.8) is 0 Å². The number of carboxylic acids is 1. The molecular weight excluding hydrogens is 228 g/mol. The fourth-order valence-corrected chi connectivity index (χ4v) is 1.97. The third kappa shape index (κ3) is 3.98. The van der Waals surface area contributed by atoms with Crippen molar-refractivity contribution in [2.45, 2.75) is 33.2 Å². The highest BCUT2D eigenvalue weighted by Gasteiger charge is 2.07. The van der Waals surface area contributed by atoms with Gasteiger partial charge in [0.15, 0.2) is 0 Å². The van der Waals surface area contributed by atoms with Crippen molar-refractivity contribution in [3.8, 4) is 0 Å². The molecule has 0 fully saturated rings. The molecule has 0 radical (unpaired) electrons. The number of nitrogens with zero attached hydrogens (tertiary/aromatic N) is 1. The molecule has 0 saturated heterocycles. The van der Waals surface area contributed by atoms with E-state index in [1.54, 1.807) is 0 Å². The lowest BCUT2D eigenvalue weighted by atomic mass is 10.3. The largest absolute Gasteiger partial charge is 0.481 e. The fraction of sp³-hybridized carbons (Fsp3) is 0.500. The number of carbonyl (C=O) groups excluding carboxylic acids is 1. The van der Waals surface area contributed by atoms with Crippen LogP contribution < -0.4 is 5.32 Å². The maximum atomic E-state index is 11.2. The number of thiazole rings is 1. The Kier molecular flexibility index (Phi) is 4.42. The van der Waals surface area contributed by atoms with Crippen LogP contribution in [-0.4, -0.2) is 22.0 Å². The third-order valence-electron chi connectivity index (χ3n) is 2.08. The molecule has 16 heavy (non-hydrogen) atoms. The Bertz CT molecular complexity index is 381. The first-order chi connectivity index (χ1) is 7.49. The number of carbonyl (C=O) groups is 2. The van der Waals surface area contributed by atoms with Crippen molar-refractivity contribution in [1.82, 2.24) is 10.3 Å². The van der Waals surface area contributed by atoms with Crippen LogP contribution in [0.5, 0.6) is 0 Å². The number of carboxylic acid groups (broad SMARTS) is 1. The van der Waals surface area contributed by atoms with Gasteiger partial charge in [-0.05, 0) is 13.8 Å². The highest BCUT2D eigenvalue weighted by molar-refractivity contribution is 7.11. The summed E-state index contributed by atoms with van der Waals surface area (Å²) < 4.78 is 0. The van der Waals surface area contributed by atoms with Gasteiger partial charge in [-0.25, -0.2) is 4.98 Å². The van der Waals surface area contributed by atoms with Crippen molar-refractivity contribution < 1.29 is 14.7 Å². The van der Waals surface area contributed by atoms with Crippen molar-refractivity contribution in [3.05, 3.63) is 15.6 Å². The molecule has 0 atom stereocenters. The van der Waals surface area contributed by atoms with E-state index in [4.69, 9.17) is 5.11 Å². The van der Waals surface area contributed by atoms with Gasteiger partial charge in [0.05, 0.1) is 18.7 Å². The number of hydrogen-bond acceptors (Lipinski definition) is 4. The molecule has 0 aromatic carbocycles. The smallest absolute Gasteiger partial charge is 0.303 e. The van der Waals surface area contributed by atoms with Crippen molar-refractivity contribution in [2.24, 2.45) is 0 Å².